The highest BCUT2D eigenvalue weighted by atomic mass is 19.4. The second-order valence-electron chi connectivity index (χ2n) is 5.74. The number of alkyl halides is 3. The predicted molar refractivity (Wildman–Crippen MR) is 98.2 cm³/mol. The van der Waals surface area contributed by atoms with E-state index < -0.39 is 30.2 Å². The number of hydrogen-bond donors (Lipinski definition) is 1. The van der Waals surface area contributed by atoms with Crippen molar-refractivity contribution in [3.8, 4) is 0 Å². The molecule has 2 rings (SSSR count). The number of nitrogens with one attached hydrogen (secondary N) is 1. The van der Waals surface area contributed by atoms with E-state index in [4.69, 9.17) is 4.74 Å². The maximum Gasteiger partial charge on any atom is 0.416 e. The van der Waals surface area contributed by atoms with Crippen LogP contribution in [-0.2, 0) is 15.7 Å². The second-order valence-corrected chi connectivity index (χ2v) is 5.74. The first-order valence-corrected chi connectivity index (χ1v) is 8.60. The number of nitrogens with zero attached hydrogens (tertiary/aromatic N) is 2. The van der Waals surface area contributed by atoms with Gasteiger partial charge in [-0.2, -0.15) is 13.2 Å². The maximum atomic E-state index is 13.0. The van der Waals surface area contributed by atoms with Crippen LogP contribution in [0.3, 0.4) is 0 Å². The number of aromatic nitrogens is 1. The van der Waals surface area contributed by atoms with Crippen LogP contribution in [0, 0.1) is 0 Å². The summed E-state index contributed by atoms with van der Waals surface area (Å²) in [6.45, 7) is 4.13. The fourth-order valence-corrected chi connectivity index (χ4v) is 2.53. The third-order valence-electron chi connectivity index (χ3n) is 3.91. The van der Waals surface area contributed by atoms with Gasteiger partial charge in [0.15, 0.2) is 6.61 Å². The van der Waals surface area contributed by atoms with Crippen molar-refractivity contribution in [1.29, 1.82) is 0 Å². The molecule has 150 valence electrons. The van der Waals surface area contributed by atoms with E-state index in [-0.39, 0.29) is 11.4 Å². The first-order chi connectivity index (χ1) is 13.3. The maximum absolute atomic E-state index is 13.0. The lowest BCUT2D eigenvalue weighted by Gasteiger charge is -2.25. The van der Waals surface area contributed by atoms with Gasteiger partial charge < -0.3 is 15.0 Å². The molecule has 0 aliphatic carbocycles. The molecule has 0 aliphatic heterocycles. The fourth-order valence-electron chi connectivity index (χ4n) is 2.53. The van der Waals surface area contributed by atoms with Crippen molar-refractivity contribution in [2.45, 2.75) is 20.0 Å². The number of benzene rings is 1. The molecular weight excluding hydrogens is 375 g/mol. The summed E-state index contributed by atoms with van der Waals surface area (Å²) in [5.74, 6) is -1.55. The van der Waals surface area contributed by atoms with Gasteiger partial charge in [-0.15, -0.1) is 0 Å². The first-order valence-electron chi connectivity index (χ1n) is 8.60. The number of anilines is 2. The Balaban J connectivity index is 2.15. The van der Waals surface area contributed by atoms with Crippen LogP contribution < -0.4 is 10.2 Å². The van der Waals surface area contributed by atoms with Crippen molar-refractivity contribution >= 4 is 23.3 Å². The summed E-state index contributed by atoms with van der Waals surface area (Å²) in [4.78, 5) is 29.6. The number of carbonyl (C=O) groups is 2. The Morgan fingerprint density at radius 1 is 1.14 bits per heavy atom. The zero-order valence-electron chi connectivity index (χ0n) is 15.4. The third-order valence-corrected chi connectivity index (χ3v) is 3.91. The van der Waals surface area contributed by atoms with Gasteiger partial charge in [0, 0.05) is 19.3 Å². The van der Waals surface area contributed by atoms with Gasteiger partial charge in [0.25, 0.3) is 5.91 Å². The van der Waals surface area contributed by atoms with Crippen LogP contribution in [0.4, 0.5) is 24.5 Å². The van der Waals surface area contributed by atoms with Crippen LogP contribution in [0.25, 0.3) is 0 Å². The molecule has 0 saturated heterocycles. The summed E-state index contributed by atoms with van der Waals surface area (Å²) in [7, 11) is 0. The first kappa shape index (κ1) is 21.2. The third kappa shape index (κ3) is 5.45. The number of rotatable bonds is 7. The smallest absolute Gasteiger partial charge is 0.416 e. The van der Waals surface area contributed by atoms with E-state index in [1.165, 1.54) is 18.3 Å². The molecule has 0 radical (unpaired) electrons. The Kier molecular flexibility index (Phi) is 6.97. The van der Waals surface area contributed by atoms with Gasteiger partial charge in [-0.3, -0.25) is 4.79 Å². The lowest BCUT2D eigenvalue weighted by Crippen LogP contribution is -2.26. The van der Waals surface area contributed by atoms with Gasteiger partial charge in [-0.25, -0.2) is 9.78 Å². The van der Waals surface area contributed by atoms with Crippen molar-refractivity contribution in [1.82, 2.24) is 4.98 Å². The number of amides is 1. The molecular formula is C19H20F3N3O3. The summed E-state index contributed by atoms with van der Waals surface area (Å²) in [6.07, 6.45) is -3.15. The van der Waals surface area contributed by atoms with E-state index in [1.807, 2.05) is 13.8 Å². The number of carbonyl (C=O) groups excluding carboxylic acids is 2. The minimum atomic E-state index is -4.55. The zero-order valence-corrected chi connectivity index (χ0v) is 15.4. The Morgan fingerprint density at radius 3 is 2.43 bits per heavy atom. The van der Waals surface area contributed by atoms with Gasteiger partial charge in [0.2, 0.25) is 0 Å². The molecule has 0 fully saturated rings. The summed E-state index contributed by atoms with van der Waals surface area (Å²) < 4.78 is 44.0. The molecule has 0 spiro atoms. The molecule has 0 atom stereocenters. The van der Waals surface area contributed by atoms with Crippen molar-refractivity contribution < 1.29 is 27.5 Å². The van der Waals surface area contributed by atoms with Gasteiger partial charge >= 0.3 is 12.1 Å². The van der Waals surface area contributed by atoms with Crippen molar-refractivity contribution in [2.75, 3.05) is 29.9 Å². The van der Waals surface area contributed by atoms with Crippen LogP contribution in [0.1, 0.15) is 29.9 Å². The Hall–Kier alpha value is -3.10. The van der Waals surface area contributed by atoms with E-state index in [1.54, 1.807) is 17.0 Å². The SMILES string of the molecule is CCN(CC)c1ccc(C(F)(F)F)cc1NC(=O)COC(=O)c1ccccn1. The quantitative estimate of drug-likeness (QED) is 0.723. The standard InChI is InChI=1S/C19H20F3N3O3/c1-3-25(4-2)16-9-8-13(19(20,21)22)11-15(16)24-17(26)12-28-18(27)14-7-5-6-10-23-14/h5-11H,3-4,12H2,1-2H3,(H,24,26). The second kappa shape index (κ2) is 9.20. The largest absolute Gasteiger partial charge is 0.451 e. The number of esters is 1. The molecule has 0 aliphatic rings. The molecule has 28 heavy (non-hydrogen) atoms. The highest BCUT2D eigenvalue weighted by Gasteiger charge is 2.31. The van der Waals surface area contributed by atoms with Gasteiger partial charge in [-0.05, 0) is 44.2 Å². The van der Waals surface area contributed by atoms with Crippen molar-refractivity contribution in [3.05, 3.63) is 53.9 Å². The summed E-state index contributed by atoms with van der Waals surface area (Å²) in [5.41, 5.74) is -0.415. The molecule has 0 saturated carbocycles. The molecule has 0 unspecified atom stereocenters. The Labute approximate surface area is 160 Å². The van der Waals surface area contributed by atoms with E-state index in [0.29, 0.717) is 18.8 Å². The Morgan fingerprint density at radius 2 is 1.86 bits per heavy atom. The molecule has 1 aromatic carbocycles. The van der Waals surface area contributed by atoms with E-state index in [2.05, 4.69) is 10.3 Å². The molecule has 9 heteroatoms. The fraction of sp³-hybridized carbons (Fsp3) is 0.316. The topological polar surface area (TPSA) is 71.5 Å². The zero-order chi connectivity index (χ0) is 20.7. The van der Waals surface area contributed by atoms with Crippen LogP contribution in [0.2, 0.25) is 0 Å². The summed E-state index contributed by atoms with van der Waals surface area (Å²) in [6, 6.07) is 7.77. The van der Waals surface area contributed by atoms with Crippen molar-refractivity contribution in [2.24, 2.45) is 0 Å². The molecule has 2 aromatic rings. The minimum absolute atomic E-state index is 0.00240. The molecule has 1 N–H and O–H groups in total. The number of halogens is 3. The average molecular weight is 395 g/mol. The molecule has 1 aromatic heterocycles. The molecule has 6 nitrogen and oxygen atoms in total. The molecule has 1 amide bonds. The van der Waals surface area contributed by atoms with Gasteiger partial charge in [0.05, 0.1) is 16.9 Å². The van der Waals surface area contributed by atoms with Gasteiger partial charge in [-0.1, -0.05) is 6.07 Å². The van der Waals surface area contributed by atoms with Crippen LogP contribution >= 0.6 is 0 Å². The number of hydrogen-bond acceptors (Lipinski definition) is 5. The number of ether oxygens (including phenoxy) is 1. The lowest BCUT2D eigenvalue weighted by atomic mass is 10.1. The van der Waals surface area contributed by atoms with E-state index >= 15 is 0 Å². The van der Waals surface area contributed by atoms with Crippen LogP contribution in [0.15, 0.2) is 42.6 Å². The van der Waals surface area contributed by atoms with Crippen LogP contribution in [-0.4, -0.2) is 36.6 Å². The van der Waals surface area contributed by atoms with E-state index in [9.17, 15) is 22.8 Å². The van der Waals surface area contributed by atoms with E-state index in [0.717, 1.165) is 12.1 Å². The average Bonchev–Trinajstić information content (AvgIpc) is 2.68. The summed E-state index contributed by atoms with van der Waals surface area (Å²) >= 11 is 0. The highest BCUT2D eigenvalue weighted by Crippen LogP contribution is 2.35. The molecule has 1 heterocycles. The monoisotopic (exact) mass is 395 g/mol. The number of pyridine rings is 1. The molecule has 0 bridgehead atoms. The highest BCUT2D eigenvalue weighted by molar-refractivity contribution is 5.97. The Bertz CT molecular complexity index is 822. The predicted octanol–water partition coefficient (Wildman–Crippen LogP) is 3.74. The van der Waals surface area contributed by atoms with Gasteiger partial charge in [0.1, 0.15) is 5.69 Å². The summed E-state index contributed by atoms with van der Waals surface area (Å²) in [5, 5.41) is 2.40. The minimum Gasteiger partial charge on any atom is -0.451 e. The normalized spacial score (nSPS) is 11.0. The van der Waals surface area contributed by atoms with Crippen LogP contribution in [0.5, 0.6) is 0 Å². The van der Waals surface area contributed by atoms with Crippen molar-refractivity contribution in [3.63, 3.8) is 0 Å². The lowest BCUT2D eigenvalue weighted by molar-refractivity contribution is -0.137.